The number of carbonyl (C=O) groups is 1. The van der Waals surface area contributed by atoms with Gasteiger partial charge in [0, 0.05) is 37.1 Å². The molecule has 0 aliphatic carbocycles. The normalized spacial score (nSPS) is 22.8. The van der Waals surface area contributed by atoms with Crippen molar-refractivity contribution in [2.75, 3.05) is 18.8 Å². The maximum absolute atomic E-state index is 12.2. The second-order valence-corrected chi connectivity index (χ2v) is 6.03. The fourth-order valence-corrected chi connectivity index (χ4v) is 3.38. The number of aromatic nitrogens is 2. The number of aliphatic hydroxyl groups is 1. The van der Waals surface area contributed by atoms with Crippen LogP contribution in [0.15, 0.2) is 16.1 Å². The Kier molecular flexibility index (Phi) is 3.10. The fraction of sp³-hybridized carbons (Fsp3) is 0.583. The fourth-order valence-electron chi connectivity index (χ4n) is 2.34. The molecule has 2 aliphatic rings. The van der Waals surface area contributed by atoms with Crippen molar-refractivity contribution in [1.29, 1.82) is 0 Å². The lowest BCUT2D eigenvalue weighted by Gasteiger charge is -2.39. The number of hydrogen-bond acceptors (Lipinski definition) is 5. The number of fused-ring (bicyclic) bond motifs is 1. The maximum atomic E-state index is 12.2. The van der Waals surface area contributed by atoms with Crippen molar-refractivity contribution in [3.8, 4) is 0 Å². The Morgan fingerprint density at radius 1 is 1.47 bits per heavy atom. The van der Waals surface area contributed by atoms with Crippen LogP contribution in [0.2, 0.25) is 0 Å². The molecule has 7 heteroatoms. The zero-order chi connectivity index (χ0) is 13.6. The second kappa shape index (κ2) is 4.64. The van der Waals surface area contributed by atoms with Crippen LogP contribution >= 0.6 is 11.8 Å². The summed E-state index contributed by atoms with van der Waals surface area (Å²) in [4.78, 5) is 30.1. The topological polar surface area (TPSA) is 75.4 Å². The molecule has 6 nitrogen and oxygen atoms in total. The number of aliphatic hydroxyl groups excluding tert-OH is 1. The van der Waals surface area contributed by atoms with Crippen LogP contribution in [0, 0.1) is 12.8 Å². The molecule has 1 unspecified atom stereocenters. The van der Waals surface area contributed by atoms with E-state index in [1.54, 1.807) is 22.6 Å². The first-order valence-corrected chi connectivity index (χ1v) is 7.21. The molecule has 3 heterocycles. The molecule has 1 aromatic heterocycles. The summed E-state index contributed by atoms with van der Waals surface area (Å²) in [5.74, 6) is 0.462. The molecule has 1 amide bonds. The summed E-state index contributed by atoms with van der Waals surface area (Å²) in [6.07, 6.45) is 1.19. The highest BCUT2D eigenvalue weighted by Crippen LogP contribution is 2.27. The zero-order valence-corrected chi connectivity index (χ0v) is 11.4. The van der Waals surface area contributed by atoms with Crippen LogP contribution in [0.25, 0.3) is 0 Å². The SMILES string of the molecule is Cc1cnc2n(c1=O)CC(C(=O)N1CC(O)C1)CS2. The average molecular weight is 281 g/mol. The van der Waals surface area contributed by atoms with Gasteiger partial charge in [0.05, 0.1) is 12.0 Å². The lowest BCUT2D eigenvalue weighted by atomic mass is 10.1. The number of rotatable bonds is 1. The highest BCUT2D eigenvalue weighted by atomic mass is 32.2. The highest BCUT2D eigenvalue weighted by molar-refractivity contribution is 7.99. The molecule has 1 N–H and O–H groups in total. The van der Waals surface area contributed by atoms with Gasteiger partial charge in [0.2, 0.25) is 5.91 Å². The van der Waals surface area contributed by atoms with Crippen LogP contribution in [0.1, 0.15) is 5.56 Å². The van der Waals surface area contributed by atoms with E-state index < -0.39 is 0 Å². The van der Waals surface area contributed by atoms with E-state index in [-0.39, 0.29) is 23.5 Å². The molecule has 19 heavy (non-hydrogen) atoms. The minimum atomic E-state index is -0.390. The lowest BCUT2D eigenvalue weighted by Crippen LogP contribution is -2.56. The van der Waals surface area contributed by atoms with Crippen LogP contribution in [0.4, 0.5) is 0 Å². The van der Waals surface area contributed by atoms with E-state index >= 15 is 0 Å². The van der Waals surface area contributed by atoms with Crippen molar-refractivity contribution in [3.63, 3.8) is 0 Å². The molecule has 0 bridgehead atoms. The Bertz CT molecular complexity index is 580. The molecule has 0 aromatic carbocycles. The van der Waals surface area contributed by atoms with Crippen molar-refractivity contribution in [1.82, 2.24) is 14.5 Å². The van der Waals surface area contributed by atoms with Crippen LogP contribution in [0.5, 0.6) is 0 Å². The molecular formula is C12H15N3O3S. The third kappa shape index (κ3) is 2.17. The number of likely N-dealkylation sites (tertiary alicyclic amines) is 1. The number of aryl methyl sites for hydroxylation is 1. The first kappa shape index (κ1) is 12.7. The maximum Gasteiger partial charge on any atom is 0.257 e. The third-order valence-electron chi connectivity index (χ3n) is 3.52. The van der Waals surface area contributed by atoms with Crippen molar-refractivity contribution in [2.45, 2.75) is 24.7 Å². The van der Waals surface area contributed by atoms with Crippen molar-refractivity contribution < 1.29 is 9.90 Å². The van der Waals surface area contributed by atoms with Gasteiger partial charge in [-0.3, -0.25) is 14.2 Å². The largest absolute Gasteiger partial charge is 0.389 e. The first-order valence-electron chi connectivity index (χ1n) is 6.22. The van der Waals surface area contributed by atoms with Gasteiger partial charge in [-0.2, -0.15) is 0 Å². The standard InChI is InChI=1S/C12H15N3O3S/c1-7-2-13-12-15(10(7)17)3-8(6-19-12)11(18)14-4-9(16)5-14/h2,8-9,16H,3-6H2,1H3. The Morgan fingerprint density at radius 2 is 2.21 bits per heavy atom. The number of β-amino-alcohol motifs (C(OH)–C–C–N with tert-alkyl or cyclic N) is 1. The number of nitrogens with zero attached hydrogens (tertiary/aromatic N) is 3. The number of carbonyl (C=O) groups excluding carboxylic acids is 1. The van der Waals surface area contributed by atoms with Gasteiger partial charge in [0.15, 0.2) is 5.16 Å². The summed E-state index contributed by atoms with van der Waals surface area (Å²) >= 11 is 1.44. The Hall–Kier alpha value is -1.34. The van der Waals surface area contributed by atoms with E-state index in [9.17, 15) is 14.7 Å². The average Bonchev–Trinajstić information content (AvgIpc) is 2.38. The van der Waals surface area contributed by atoms with Gasteiger partial charge in [0.1, 0.15) is 0 Å². The summed E-state index contributed by atoms with van der Waals surface area (Å²) < 4.78 is 1.59. The second-order valence-electron chi connectivity index (χ2n) is 5.04. The molecule has 1 fully saturated rings. The first-order chi connectivity index (χ1) is 9.06. The Labute approximate surface area is 114 Å². The third-order valence-corrected chi connectivity index (χ3v) is 4.67. The van der Waals surface area contributed by atoms with Gasteiger partial charge in [-0.05, 0) is 6.92 Å². The molecular weight excluding hydrogens is 266 g/mol. The number of amides is 1. The molecule has 1 aromatic rings. The predicted octanol–water partition coefficient (Wildman–Crippen LogP) is -0.523. The van der Waals surface area contributed by atoms with Gasteiger partial charge in [-0.15, -0.1) is 0 Å². The van der Waals surface area contributed by atoms with Crippen molar-refractivity contribution in [2.24, 2.45) is 5.92 Å². The molecule has 2 aliphatic heterocycles. The minimum absolute atomic E-state index is 0.0249. The Balaban J connectivity index is 1.80. The van der Waals surface area contributed by atoms with Crippen LogP contribution < -0.4 is 5.56 Å². The van der Waals surface area contributed by atoms with E-state index in [1.807, 2.05) is 0 Å². The lowest BCUT2D eigenvalue weighted by molar-refractivity contribution is -0.145. The molecule has 1 atom stereocenters. The monoisotopic (exact) mass is 281 g/mol. The smallest absolute Gasteiger partial charge is 0.257 e. The van der Waals surface area contributed by atoms with Crippen molar-refractivity contribution >= 4 is 17.7 Å². The van der Waals surface area contributed by atoms with Crippen LogP contribution in [0.3, 0.4) is 0 Å². The van der Waals surface area contributed by atoms with E-state index in [1.165, 1.54) is 11.8 Å². The summed E-state index contributed by atoms with van der Waals surface area (Å²) in [5, 5.41) is 9.92. The quantitative estimate of drug-likeness (QED) is 0.701. The van der Waals surface area contributed by atoms with Crippen LogP contribution in [-0.2, 0) is 11.3 Å². The summed E-state index contributed by atoms with van der Waals surface area (Å²) in [6, 6.07) is 0. The summed E-state index contributed by atoms with van der Waals surface area (Å²) in [5.41, 5.74) is 0.524. The van der Waals surface area contributed by atoms with Gasteiger partial charge in [-0.25, -0.2) is 4.98 Å². The van der Waals surface area contributed by atoms with Crippen molar-refractivity contribution in [3.05, 3.63) is 22.1 Å². The minimum Gasteiger partial charge on any atom is -0.389 e. The number of thioether (sulfide) groups is 1. The predicted molar refractivity (Wildman–Crippen MR) is 70.0 cm³/mol. The zero-order valence-electron chi connectivity index (χ0n) is 10.6. The Morgan fingerprint density at radius 3 is 2.89 bits per heavy atom. The molecule has 0 radical (unpaired) electrons. The van der Waals surface area contributed by atoms with Gasteiger partial charge < -0.3 is 10.0 Å². The number of hydrogen-bond donors (Lipinski definition) is 1. The molecule has 3 rings (SSSR count). The van der Waals surface area contributed by atoms with E-state index in [2.05, 4.69) is 4.98 Å². The summed E-state index contributed by atoms with van der Waals surface area (Å²) in [6.45, 7) is 2.94. The summed E-state index contributed by atoms with van der Waals surface area (Å²) in [7, 11) is 0. The van der Waals surface area contributed by atoms with Gasteiger partial charge in [0.25, 0.3) is 5.56 Å². The van der Waals surface area contributed by atoms with Crippen LogP contribution in [-0.4, -0.2) is 50.4 Å². The van der Waals surface area contributed by atoms with E-state index in [0.29, 0.717) is 36.1 Å². The molecule has 0 saturated carbocycles. The van der Waals surface area contributed by atoms with Gasteiger partial charge in [-0.1, -0.05) is 11.8 Å². The molecule has 1 saturated heterocycles. The van der Waals surface area contributed by atoms with E-state index in [0.717, 1.165) is 0 Å². The molecule has 102 valence electrons. The van der Waals surface area contributed by atoms with Gasteiger partial charge >= 0.3 is 0 Å². The van der Waals surface area contributed by atoms with E-state index in [4.69, 9.17) is 0 Å². The molecule has 0 spiro atoms. The highest BCUT2D eigenvalue weighted by Gasteiger charge is 2.35.